The highest BCUT2D eigenvalue weighted by atomic mass is 32.2. The van der Waals surface area contributed by atoms with E-state index < -0.39 is 35.5 Å². The summed E-state index contributed by atoms with van der Waals surface area (Å²) in [6, 6.07) is -0.450. The van der Waals surface area contributed by atoms with Gasteiger partial charge in [-0.3, -0.25) is 4.99 Å². The van der Waals surface area contributed by atoms with E-state index in [9.17, 15) is 14.6 Å². The summed E-state index contributed by atoms with van der Waals surface area (Å²) in [5.41, 5.74) is -2.14. The lowest BCUT2D eigenvalue weighted by Gasteiger charge is -2.42. The number of nitrogens with zero attached hydrogens (tertiary/aromatic N) is 1. The number of thioether (sulfide) groups is 1. The molecular formula is C12H21FN2O3S. The Balaban J connectivity index is 2.12. The molecule has 3 N–H and O–H groups in total. The van der Waals surface area contributed by atoms with Gasteiger partial charge in [0.2, 0.25) is 0 Å². The molecule has 2 fully saturated rings. The normalized spacial score (nSPS) is 41.2. The predicted molar refractivity (Wildman–Crippen MR) is 73.0 cm³/mol. The number of hydrogen-bond donors (Lipinski definition) is 3. The fraction of sp³-hybridized carbons (Fsp3) is 0.917. The molecule has 2 rings (SSSR count). The van der Waals surface area contributed by atoms with Crippen molar-refractivity contribution in [3.63, 3.8) is 0 Å². The Hall–Kier alpha value is -0.370. The molecule has 2 aliphatic rings. The molecule has 5 nitrogen and oxygen atoms in total. The monoisotopic (exact) mass is 292 g/mol. The number of aliphatic imine (C=N–C) groups is 1. The first-order valence-electron chi connectivity index (χ1n) is 6.52. The van der Waals surface area contributed by atoms with E-state index in [1.807, 2.05) is 6.92 Å². The van der Waals surface area contributed by atoms with Gasteiger partial charge in [0, 0.05) is 6.54 Å². The lowest BCUT2D eigenvalue weighted by molar-refractivity contribution is -0.193. The number of halogens is 1. The van der Waals surface area contributed by atoms with Crippen LogP contribution in [0, 0.1) is 0 Å². The van der Waals surface area contributed by atoms with Gasteiger partial charge in [-0.15, -0.1) is 0 Å². The van der Waals surface area contributed by atoms with E-state index in [4.69, 9.17) is 4.74 Å². The third-order valence-electron chi connectivity index (χ3n) is 3.28. The minimum absolute atomic E-state index is 0.422. The first-order valence-corrected chi connectivity index (χ1v) is 7.40. The predicted octanol–water partition coefficient (Wildman–Crippen LogP) is 0.652. The van der Waals surface area contributed by atoms with Crippen LogP contribution in [0.3, 0.4) is 0 Å². The molecule has 5 atom stereocenters. The molecule has 0 bridgehead atoms. The topological polar surface area (TPSA) is 74.1 Å². The summed E-state index contributed by atoms with van der Waals surface area (Å²) in [6.45, 7) is 5.39. The number of aliphatic hydroxyl groups excluding tert-OH is 2. The molecule has 0 aliphatic carbocycles. The minimum Gasteiger partial charge on any atom is -0.388 e. The van der Waals surface area contributed by atoms with Crippen molar-refractivity contribution in [2.24, 2.45) is 4.99 Å². The van der Waals surface area contributed by atoms with Gasteiger partial charge in [0.15, 0.2) is 5.17 Å². The number of amidine groups is 1. The van der Waals surface area contributed by atoms with Crippen LogP contribution in [-0.2, 0) is 4.74 Å². The SMILES string of the molecule is CCCN=C1NC2C(OC(C(C)(C)F)C(O)C2O)S1. The molecule has 0 aromatic carbocycles. The largest absolute Gasteiger partial charge is 0.388 e. The number of aliphatic hydroxyl groups is 2. The van der Waals surface area contributed by atoms with Gasteiger partial charge >= 0.3 is 0 Å². The number of rotatable bonds is 3. The zero-order valence-corrected chi connectivity index (χ0v) is 12.2. The summed E-state index contributed by atoms with van der Waals surface area (Å²) < 4.78 is 19.6. The van der Waals surface area contributed by atoms with E-state index in [0.717, 1.165) is 6.42 Å². The molecule has 2 saturated heterocycles. The van der Waals surface area contributed by atoms with Gasteiger partial charge in [0.25, 0.3) is 0 Å². The first-order chi connectivity index (χ1) is 8.84. The third-order valence-corrected chi connectivity index (χ3v) is 4.38. The highest BCUT2D eigenvalue weighted by Crippen LogP contribution is 2.37. The van der Waals surface area contributed by atoms with Crippen LogP contribution in [0.25, 0.3) is 0 Å². The van der Waals surface area contributed by atoms with Gasteiger partial charge < -0.3 is 20.3 Å². The number of nitrogens with one attached hydrogen (secondary N) is 1. The van der Waals surface area contributed by atoms with Crippen LogP contribution in [0.15, 0.2) is 4.99 Å². The van der Waals surface area contributed by atoms with Crippen LogP contribution < -0.4 is 5.32 Å². The number of ether oxygens (including phenoxy) is 1. The maximum absolute atomic E-state index is 14.0. The number of fused-ring (bicyclic) bond motifs is 1. The summed E-state index contributed by atoms with van der Waals surface area (Å²) in [4.78, 5) is 4.31. The van der Waals surface area contributed by atoms with E-state index in [1.165, 1.54) is 25.6 Å². The number of hydrogen-bond acceptors (Lipinski definition) is 5. The fourth-order valence-electron chi connectivity index (χ4n) is 2.27. The van der Waals surface area contributed by atoms with Crippen LogP contribution >= 0.6 is 11.8 Å². The Morgan fingerprint density at radius 2 is 2.11 bits per heavy atom. The van der Waals surface area contributed by atoms with E-state index in [-0.39, 0.29) is 0 Å². The Labute approximate surface area is 116 Å². The van der Waals surface area contributed by atoms with E-state index >= 15 is 0 Å². The molecule has 0 spiro atoms. The Morgan fingerprint density at radius 1 is 1.42 bits per heavy atom. The van der Waals surface area contributed by atoms with Crippen LogP contribution in [0.1, 0.15) is 27.2 Å². The van der Waals surface area contributed by atoms with Crippen LogP contribution in [-0.4, -0.2) is 57.4 Å². The quantitative estimate of drug-likeness (QED) is 0.712. The summed E-state index contributed by atoms with van der Waals surface area (Å²) in [6.07, 6.45) is -2.43. The molecule has 2 aliphatic heterocycles. The van der Waals surface area contributed by atoms with E-state index in [0.29, 0.717) is 11.7 Å². The zero-order chi connectivity index (χ0) is 14.2. The fourth-order valence-corrected chi connectivity index (χ4v) is 3.41. The van der Waals surface area contributed by atoms with Gasteiger partial charge in [0.05, 0.1) is 6.04 Å². The van der Waals surface area contributed by atoms with Crippen molar-refractivity contribution in [3.05, 3.63) is 0 Å². The maximum Gasteiger partial charge on any atom is 0.159 e. The molecule has 0 saturated carbocycles. The summed E-state index contributed by atoms with van der Waals surface area (Å²) in [5.74, 6) is 0. The Kier molecular flexibility index (Phi) is 4.39. The highest BCUT2D eigenvalue weighted by molar-refractivity contribution is 8.14. The molecule has 0 aromatic rings. The highest BCUT2D eigenvalue weighted by Gasteiger charge is 2.53. The van der Waals surface area contributed by atoms with Crippen molar-refractivity contribution in [1.82, 2.24) is 5.32 Å². The average molecular weight is 292 g/mol. The second-order valence-electron chi connectivity index (χ2n) is 5.45. The van der Waals surface area contributed by atoms with Crippen molar-refractivity contribution in [1.29, 1.82) is 0 Å². The molecule has 7 heteroatoms. The van der Waals surface area contributed by atoms with Gasteiger partial charge in [0.1, 0.15) is 29.4 Å². The Bertz CT molecular complexity index is 361. The molecule has 5 unspecified atom stereocenters. The van der Waals surface area contributed by atoms with E-state index in [1.54, 1.807) is 0 Å². The van der Waals surface area contributed by atoms with Gasteiger partial charge in [-0.1, -0.05) is 18.7 Å². The summed E-state index contributed by atoms with van der Waals surface area (Å²) >= 11 is 1.34. The molecule has 0 aromatic heterocycles. The second-order valence-corrected chi connectivity index (χ2v) is 6.53. The van der Waals surface area contributed by atoms with Gasteiger partial charge in [-0.25, -0.2) is 4.39 Å². The molecule has 110 valence electrons. The van der Waals surface area contributed by atoms with E-state index in [2.05, 4.69) is 10.3 Å². The lowest BCUT2D eigenvalue weighted by Crippen LogP contribution is -2.62. The number of alkyl halides is 1. The van der Waals surface area contributed by atoms with Crippen molar-refractivity contribution in [2.45, 2.75) is 62.7 Å². The zero-order valence-electron chi connectivity index (χ0n) is 11.3. The second kappa shape index (κ2) is 5.55. The molecule has 0 amide bonds. The lowest BCUT2D eigenvalue weighted by atomic mass is 9.89. The van der Waals surface area contributed by atoms with Gasteiger partial charge in [-0.2, -0.15) is 0 Å². The average Bonchev–Trinajstić information content (AvgIpc) is 2.73. The van der Waals surface area contributed by atoms with Crippen LogP contribution in [0.2, 0.25) is 0 Å². The minimum atomic E-state index is -1.71. The summed E-state index contributed by atoms with van der Waals surface area (Å²) in [7, 11) is 0. The van der Waals surface area contributed by atoms with Crippen molar-refractivity contribution < 1.29 is 19.3 Å². The maximum atomic E-state index is 14.0. The smallest absolute Gasteiger partial charge is 0.159 e. The molecule has 19 heavy (non-hydrogen) atoms. The molecule has 2 heterocycles. The Morgan fingerprint density at radius 3 is 2.68 bits per heavy atom. The van der Waals surface area contributed by atoms with Crippen LogP contribution in [0.4, 0.5) is 4.39 Å². The van der Waals surface area contributed by atoms with Crippen molar-refractivity contribution in [2.75, 3.05) is 6.54 Å². The summed E-state index contributed by atoms with van der Waals surface area (Å²) in [5, 5.41) is 23.8. The third kappa shape index (κ3) is 3.04. The van der Waals surface area contributed by atoms with Crippen molar-refractivity contribution in [3.8, 4) is 0 Å². The standard InChI is InChI=1S/C12H21FN2O3S/c1-4-5-14-11-15-6-7(16)8(17)9(12(2,3)13)18-10(6)19-11/h6-10,16-17H,4-5H2,1-3H3,(H,14,15). The molecular weight excluding hydrogens is 271 g/mol. The first kappa shape index (κ1) is 15.0. The van der Waals surface area contributed by atoms with Gasteiger partial charge in [-0.05, 0) is 20.3 Å². The van der Waals surface area contributed by atoms with Crippen molar-refractivity contribution >= 4 is 16.9 Å². The van der Waals surface area contributed by atoms with Crippen LogP contribution in [0.5, 0.6) is 0 Å². The molecule has 0 radical (unpaired) electrons.